The highest BCUT2D eigenvalue weighted by Gasteiger charge is 2.27. The number of nitrogens with zero attached hydrogens (tertiary/aromatic N) is 2. The molecule has 0 amide bonds. The Morgan fingerprint density at radius 2 is 1.73 bits per heavy atom. The van der Waals surface area contributed by atoms with E-state index in [1.54, 1.807) is 6.92 Å². The quantitative estimate of drug-likeness (QED) is 0.461. The molecule has 26 heavy (non-hydrogen) atoms. The molecule has 0 aliphatic rings. The van der Waals surface area contributed by atoms with Crippen molar-refractivity contribution in [3.63, 3.8) is 0 Å². The minimum absolute atomic E-state index is 0.125. The molecular weight excluding hydrogens is 320 g/mol. The van der Waals surface area contributed by atoms with Crippen molar-refractivity contribution in [1.82, 2.24) is 4.40 Å². The molecule has 0 N–H and O–H groups in total. The molecule has 0 fully saturated rings. The Hall–Kier alpha value is -2.39. The molecule has 0 radical (unpaired) electrons. The first-order chi connectivity index (χ1) is 12.3. The number of ketones is 1. The van der Waals surface area contributed by atoms with Crippen molar-refractivity contribution in [2.24, 2.45) is 0 Å². The highest BCUT2D eigenvalue weighted by Crippen LogP contribution is 2.32. The normalized spacial score (nSPS) is 13.1. The summed E-state index contributed by atoms with van der Waals surface area (Å²) in [6.07, 6.45) is 2.00. The van der Waals surface area contributed by atoms with Crippen LogP contribution in [0.15, 0.2) is 54.7 Å². The van der Waals surface area contributed by atoms with Crippen LogP contribution < -0.4 is 0 Å². The first-order valence-corrected chi connectivity index (χ1v) is 9.26. The van der Waals surface area contributed by atoms with Gasteiger partial charge in [-0.1, -0.05) is 43.3 Å². The van der Waals surface area contributed by atoms with Crippen LogP contribution in [0, 0.1) is 6.92 Å². The Balaban J connectivity index is 1.94. The average molecular weight is 349 g/mol. The molecule has 0 spiro atoms. The van der Waals surface area contributed by atoms with Crippen molar-refractivity contribution in [1.29, 1.82) is 0 Å². The number of carbonyl (C=O) groups excluding carboxylic acids is 1. The summed E-state index contributed by atoms with van der Waals surface area (Å²) in [4.78, 5) is 12.2. The minimum atomic E-state index is 0.125. The lowest BCUT2D eigenvalue weighted by molar-refractivity contribution is -0.904. The second-order valence-electron chi connectivity index (χ2n) is 8.06. The number of rotatable bonds is 6. The van der Waals surface area contributed by atoms with E-state index in [-0.39, 0.29) is 5.78 Å². The summed E-state index contributed by atoms with van der Waals surface area (Å²) >= 11 is 0. The van der Waals surface area contributed by atoms with Crippen molar-refractivity contribution in [2.45, 2.75) is 33.2 Å². The third kappa shape index (κ3) is 3.58. The van der Waals surface area contributed by atoms with Crippen molar-refractivity contribution in [3.8, 4) is 0 Å². The van der Waals surface area contributed by atoms with E-state index in [1.165, 1.54) is 11.1 Å². The van der Waals surface area contributed by atoms with Crippen molar-refractivity contribution < 1.29 is 9.28 Å². The Labute approximate surface area is 156 Å². The van der Waals surface area contributed by atoms with Crippen LogP contribution in [0.2, 0.25) is 0 Å². The molecule has 3 nitrogen and oxygen atoms in total. The molecule has 1 aromatic carbocycles. The average Bonchev–Trinajstić information content (AvgIpc) is 2.86. The molecule has 1 unspecified atom stereocenters. The molecule has 2 aromatic heterocycles. The van der Waals surface area contributed by atoms with Crippen LogP contribution in [0.1, 0.15) is 46.9 Å². The van der Waals surface area contributed by atoms with Gasteiger partial charge in [-0.3, -0.25) is 4.79 Å². The van der Waals surface area contributed by atoms with Crippen molar-refractivity contribution >= 4 is 11.3 Å². The number of quaternary nitrogens is 1. The zero-order valence-electron chi connectivity index (χ0n) is 16.5. The fourth-order valence-corrected chi connectivity index (χ4v) is 4.39. The maximum absolute atomic E-state index is 12.2. The summed E-state index contributed by atoms with van der Waals surface area (Å²) in [6.45, 7) is 8.04. The van der Waals surface area contributed by atoms with Gasteiger partial charge in [-0.2, -0.15) is 0 Å². The van der Waals surface area contributed by atoms with E-state index in [1.807, 2.05) is 12.3 Å². The molecule has 0 saturated heterocycles. The van der Waals surface area contributed by atoms with Crippen LogP contribution in [-0.2, 0) is 6.54 Å². The number of Topliss-reactive ketones (excluding diaryl/α,β-unsaturated/α-hetero) is 1. The van der Waals surface area contributed by atoms with Gasteiger partial charge in [0, 0.05) is 30.1 Å². The Kier molecular flexibility index (Phi) is 5.01. The number of hydrogen-bond donors (Lipinski definition) is 0. The van der Waals surface area contributed by atoms with E-state index in [4.69, 9.17) is 0 Å². The summed E-state index contributed by atoms with van der Waals surface area (Å²) in [6, 6.07) is 16.8. The monoisotopic (exact) mass is 349 g/mol. The fraction of sp³-hybridized carbons (Fsp3) is 0.348. The number of likely N-dealkylation sites (N-methyl/N-ethyl adjacent to an activating group) is 1. The molecular formula is C23H29N2O+. The third-order valence-corrected chi connectivity index (χ3v) is 5.18. The molecule has 136 valence electrons. The van der Waals surface area contributed by atoms with Crippen LogP contribution in [0.3, 0.4) is 0 Å². The number of pyridine rings is 1. The molecule has 0 aliphatic carbocycles. The minimum Gasteiger partial charge on any atom is -0.324 e. The summed E-state index contributed by atoms with van der Waals surface area (Å²) in [7, 11) is 4.56. The number of fused-ring (bicyclic) bond motifs is 1. The second kappa shape index (κ2) is 7.08. The number of benzene rings is 1. The number of aromatic nitrogens is 1. The Morgan fingerprint density at radius 1 is 1.08 bits per heavy atom. The molecule has 1 atom stereocenters. The third-order valence-electron chi connectivity index (χ3n) is 5.18. The molecule has 0 saturated carbocycles. The molecule has 3 aromatic rings. The smallest absolute Gasteiger partial charge is 0.176 e. The van der Waals surface area contributed by atoms with Crippen LogP contribution in [0.5, 0.6) is 0 Å². The molecule has 3 rings (SSSR count). The molecule has 0 aliphatic heterocycles. The maximum atomic E-state index is 12.2. The lowest BCUT2D eigenvalue weighted by Gasteiger charge is -2.33. The predicted octanol–water partition coefficient (Wildman–Crippen LogP) is 4.83. The maximum Gasteiger partial charge on any atom is 0.176 e. The predicted molar refractivity (Wildman–Crippen MR) is 108 cm³/mol. The first-order valence-electron chi connectivity index (χ1n) is 9.26. The summed E-state index contributed by atoms with van der Waals surface area (Å²) in [5, 5.41) is 0. The first kappa shape index (κ1) is 18.4. The van der Waals surface area contributed by atoms with Gasteiger partial charge in [0.15, 0.2) is 5.78 Å². The molecule has 3 heteroatoms. The van der Waals surface area contributed by atoms with E-state index in [0.717, 1.165) is 34.3 Å². The Bertz CT molecular complexity index is 922. The van der Waals surface area contributed by atoms with Crippen LogP contribution in [0.4, 0.5) is 0 Å². The highest BCUT2D eigenvalue weighted by molar-refractivity contribution is 5.96. The van der Waals surface area contributed by atoms with Crippen LogP contribution in [-0.4, -0.2) is 35.3 Å². The van der Waals surface area contributed by atoms with Gasteiger partial charge in [0.2, 0.25) is 0 Å². The largest absolute Gasteiger partial charge is 0.324 e. The summed E-state index contributed by atoms with van der Waals surface area (Å²) < 4.78 is 2.96. The topological polar surface area (TPSA) is 21.5 Å². The van der Waals surface area contributed by atoms with E-state index < -0.39 is 0 Å². The van der Waals surface area contributed by atoms with Crippen molar-refractivity contribution in [3.05, 3.63) is 77.1 Å². The van der Waals surface area contributed by atoms with Gasteiger partial charge in [0.05, 0.1) is 26.3 Å². The lowest BCUT2D eigenvalue weighted by atomic mass is 9.95. The van der Waals surface area contributed by atoms with Gasteiger partial charge in [-0.25, -0.2) is 0 Å². The van der Waals surface area contributed by atoms with E-state index in [9.17, 15) is 4.79 Å². The van der Waals surface area contributed by atoms with Gasteiger partial charge >= 0.3 is 0 Å². The van der Waals surface area contributed by atoms with Gasteiger partial charge in [0.1, 0.15) is 6.54 Å². The number of carbonyl (C=O) groups is 1. The van der Waals surface area contributed by atoms with E-state index in [0.29, 0.717) is 5.92 Å². The van der Waals surface area contributed by atoms with Crippen LogP contribution >= 0.6 is 0 Å². The zero-order valence-corrected chi connectivity index (χ0v) is 16.5. The van der Waals surface area contributed by atoms with Gasteiger partial charge in [-0.05, 0) is 30.2 Å². The van der Waals surface area contributed by atoms with Gasteiger partial charge < -0.3 is 8.88 Å². The molecule has 2 heterocycles. The van der Waals surface area contributed by atoms with Crippen molar-refractivity contribution in [2.75, 3.05) is 20.6 Å². The van der Waals surface area contributed by atoms with E-state index >= 15 is 0 Å². The van der Waals surface area contributed by atoms with Crippen LogP contribution in [0.25, 0.3) is 5.52 Å². The zero-order chi connectivity index (χ0) is 18.9. The second-order valence-corrected chi connectivity index (χ2v) is 8.06. The summed E-state index contributed by atoms with van der Waals surface area (Å²) in [5.74, 6) is 0.486. The fourth-order valence-electron chi connectivity index (χ4n) is 4.39. The SMILES string of the molecule is CC(=O)c1c(C)c(C(C)C[N+](C)(C)Cc2ccccc2)c2ccccn12. The highest BCUT2D eigenvalue weighted by atomic mass is 16.1. The Morgan fingerprint density at radius 3 is 2.38 bits per heavy atom. The number of hydrogen-bond acceptors (Lipinski definition) is 1. The standard InChI is InChI=1S/C23H29N2O/c1-17(15-25(4,5)16-20-11-7-6-8-12-20)22-18(2)23(19(3)26)24-14-10-9-13-21(22)24/h6-14,17H,15-16H2,1-5H3/q+1. The molecule has 0 bridgehead atoms. The summed E-state index contributed by atoms with van der Waals surface area (Å²) in [5.41, 5.74) is 5.75. The van der Waals surface area contributed by atoms with Gasteiger partial charge in [-0.15, -0.1) is 0 Å². The van der Waals surface area contributed by atoms with Gasteiger partial charge in [0.25, 0.3) is 0 Å². The van der Waals surface area contributed by atoms with E-state index in [2.05, 4.69) is 74.8 Å². The lowest BCUT2D eigenvalue weighted by Crippen LogP contribution is -2.41.